The monoisotopic (exact) mass is 438 g/mol. The molecule has 1 aliphatic rings. The van der Waals surface area contributed by atoms with Gasteiger partial charge in [0.2, 0.25) is 5.95 Å². The number of nitrogens with two attached hydrogens (primary N) is 1. The lowest BCUT2D eigenvalue weighted by Crippen LogP contribution is -2.44. The number of imidazole rings is 1. The number of nitrogens with zero attached hydrogens (tertiary/aromatic N) is 4. The molecule has 2 aromatic rings. The molecule has 0 saturated carbocycles. The van der Waals surface area contributed by atoms with Crippen LogP contribution in [0.2, 0.25) is 0 Å². The highest BCUT2D eigenvalue weighted by Crippen LogP contribution is 2.44. The van der Waals surface area contributed by atoms with Gasteiger partial charge in [-0.25, -0.2) is 9.37 Å². The minimum atomic E-state index is -2.19. The Bertz CT molecular complexity index is 978. The second kappa shape index (κ2) is 8.61. The molecule has 1 aliphatic heterocycles. The van der Waals surface area contributed by atoms with Crippen molar-refractivity contribution in [1.29, 1.82) is 0 Å². The number of fused-ring (bicyclic) bond motifs is 1. The fraction of sp³-hybridized carbons (Fsp3) is 0.632. The van der Waals surface area contributed by atoms with Crippen molar-refractivity contribution < 1.29 is 28.2 Å². The summed E-state index contributed by atoms with van der Waals surface area (Å²) in [6, 6.07) is 0. The molecule has 2 aromatic heterocycles. The van der Waals surface area contributed by atoms with Gasteiger partial charge in [-0.3, -0.25) is 14.2 Å². The first-order chi connectivity index (χ1) is 14.5. The summed E-state index contributed by atoms with van der Waals surface area (Å²) in [5.41, 5.74) is 4.20. The van der Waals surface area contributed by atoms with Gasteiger partial charge >= 0.3 is 11.9 Å². The predicted molar refractivity (Wildman–Crippen MR) is 109 cm³/mol. The molecule has 0 unspecified atom stereocenters. The minimum Gasteiger partial charge on any atom is -0.463 e. The molecule has 11 nitrogen and oxygen atoms in total. The third kappa shape index (κ3) is 4.53. The Balaban J connectivity index is 1.99. The van der Waals surface area contributed by atoms with Crippen LogP contribution in [0.5, 0.6) is 0 Å². The number of alkyl halides is 1. The number of anilines is 2. The van der Waals surface area contributed by atoms with E-state index in [9.17, 15) is 9.59 Å². The predicted octanol–water partition coefficient (Wildman–Crippen LogP) is 1.60. The lowest BCUT2D eigenvalue weighted by Gasteiger charge is -2.28. The molecule has 4 atom stereocenters. The fourth-order valence-electron chi connectivity index (χ4n) is 3.53. The summed E-state index contributed by atoms with van der Waals surface area (Å²) in [7, 11) is 1.64. The third-order valence-electron chi connectivity index (χ3n) is 4.89. The number of nitrogen functional groups attached to an aromatic ring is 1. The number of rotatable bonds is 7. The molecule has 3 heterocycles. The van der Waals surface area contributed by atoms with Crippen molar-refractivity contribution in [3.63, 3.8) is 0 Å². The number of hydrogen-bond donors (Lipinski definition) is 2. The molecule has 12 heteroatoms. The minimum absolute atomic E-state index is 0.0284. The average molecular weight is 438 g/mol. The van der Waals surface area contributed by atoms with E-state index >= 15 is 4.39 Å². The summed E-state index contributed by atoms with van der Waals surface area (Å²) in [4.78, 5) is 36.1. The number of carbonyl (C=O) groups excluding carboxylic acids is 2. The zero-order chi connectivity index (χ0) is 22.9. The van der Waals surface area contributed by atoms with Crippen LogP contribution in [0, 0.1) is 5.92 Å². The lowest BCUT2D eigenvalue weighted by molar-refractivity contribution is -0.161. The molecule has 170 valence electrons. The molecule has 3 rings (SSSR count). The number of ether oxygens (including phenoxy) is 3. The molecule has 0 bridgehead atoms. The van der Waals surface area contributed by atoms with Gasteiger partial charge in [-0.1, -0.05) is 13.8 Å². The highest BCUT2D eigenvalue weighted by atomic mass is 19.1. The lowest BCUT2D eigenvalue weighted by atomic mass is 9.98. The Morgan fingerprint density at radius 1 is 1.42 bits per heavy atom. The molecule has 1 fully saturated rings. The van der Waals surface area contributed by atoms with E-state index in [1.807, 2.05) is 13.8 Å². The van der Waals surface area contributed by atoms with E-state index in [1.54, 1.807) is 7.05 Å². The maximum Gasteiger partial charge on any atom is 0.306 e. The quantitative estimate of drug-likeness (QED) is 0.612. The molecule has 0 amide bonds. The van der Waals surface area contributed by atoms with Gasteiger partial charge in [-0.2, -0.15) is 9.97 Å². The van der Waals surface area contributed by atoms with E-state index in [0.29, 0.717) is 11.3 Å². The fourth-order valence-corrected chi connectivity index (χ4v) is 3.53. The molecule has 0 spiro atoms. The van der Waals surface area contributed by atoms with Crippen LogP contribution in [0.25, 0.3) is 11.2 Å². The van der Waals surface area contributed by atoms with Crippen LogP contribution in [-0.2, 0) is 23.8 Å². The Hall–Kier alpha value is -3.02. The Kier molecular flexibility index (Phi) is 6.30. The van der Waals surface area contributed by atoms with Crippen molar-refractivity contribution in [3.05, 3.63) is 6.33 Å². The summed E-state index contributed by atoms with van der Waals surface area (Å²) >= 11 is 0. The largest absolute Gasteiger partial charge is 0.463 e. The standard InChI is InChI=1S/C19H27FN6O5/c1-9(2)6-12(28)31-14-11(7-29-10(3)27)30-17(19(14,4)20)26-8-23-13-15(22-5)24-18(21)25-16(13)26/h8-9,11,14,17H,6-7H2,1-5H3,(H3,21,22,24,25)/t11-,14-,17-,19-/m1/s1. The van der Waals surface area contributed by atoms with E-state index in [-0.39, 0.29) is 30.5 Å². The van der Waals surface area contributed by atoms with Crippen LogP contribution in [0.4, 0.5) is 16.2 Å². The first-order valence-electron chi connectivity index (χ1n) is 9.89. The van der Waals surface area contributed by atoms with E-state index in [0.717, 1.165) is 0 Å². The number of carbonyl (C=O) groups is 2. The van der Waals surface area contributed by atoms with Gasteiger partial charge in [0.25, 0.3) is 0 Å². The number of halogens is 1. The van der Waals surface area contributed by atoms with E-state index in [4.69, 9.17) is 19.9 Å². The van der Waals surface area contributed by atoms with Crippen molar-refractivity contribution >= 4 is 34.9 Å². The normalized spacial score (nSPS) is 25.7. The summed E-state index contributed by atoms with van der Waals surface area (Å²) < 4.78 is 33.8. The van der Waals surface area contributed by atoms with Gasteiger partial charge in [-0.15, -0.1) is 0 Å². The van der Waals surface area contributed by atoms with Crippen molar-refractivity contribution in [2.45, 2.75) is 58.2 Å². The Morgan fingerprint density at radius 2 is 2.13 bits per heavy atom. The van der Waals surface area contributed by atoms with Gasteiger partial charge in [0.15, 0.2) is 35.0 Å². The summed E-state index contributed by atoms with van der Waals surface area (Å²) in [5, 5.41) is 2.86. The third-order valence-corrected chi connectivity index (χ3v) is 4.89. The highest BCUT2D eigenvalue weighted by molar-refractivity contribution is 5.84. The zero-order valence-electron chi connectivity index (χ0n) is 18.1. The molecule has 0 aromatic carbocycles. The maximum absolute atomic E-state index is 16.1. The van der Waals surface area contributed by atoms with Crippen LogP contribution in [-0.4, -0.2) is 63.0 Å². The van der Waals surface area contributed by atoms with Crippen LogP contribution >= 0.6 is 0 Å². The van der Waals surface area contributed by atoms with Gasteiger partial charge in [-0.05, 0) is 12.8 Å². The molecular formula is C19H27FN6O5. The number of nitrogens with one attached hydrogen (secondary N) is 1. The molecule has 31 heavy (non-hydrogen) atoms. The topological polar surface area (TPSA) is 143 Å². The molecule has 1 saturated heterocycles. The molecule has 3 N–H and O–H groups in total. The van der Waals surface area contributed by atoms with E-state index < -0.39 is 36.0 Å². The summed E-state index contributed by atoms with van der Waals surface area (Å²) in [6.07, 6.45) is -2.15. The Labute approximate surface area is 178 Å². The smallest absolute Gasteiger partial charge is 0.306 e. The van der Waals surface area contributed by atoms with Crippen molar-refractivity contribution in [1.82, 2.24) is 19.5 Å². The SMILES string of the molecule is CNc1nc(N)nc2c1ncn2[C@@H]1O[C@H](COC(C)=O)[C@@H](OC(=O)CC(C)C)[C@@]1(C)F. The molecule has 0 aliphatic carbocycles. The second-order valence-corrected chi connectivity index (χ2v) is 7.99. The van der Waals surface area contributed by atoms with Gasteiger partial charge in [0.1, 0.15) is 12.7 Å². The number of hydrogen-bond acceptors (Lipinski definition) is 10. The van der Waals surface area contributed by atoms with Crippen LogP contribution in [0.15, 0.2) is 6.33 Å². The number of esters is 2. The van der Waals surface area contributed by atoms with Gasteiger partial charge < -0.3 is 25.3 Å². The first kappa shape index (κ1) is 22.7. The maximum atomic E-state index is 16.1. The van der Waals surface area contributed by atoms with Crippen molar-refractivity contribution in [2.75, 3.05) is 24.7 Å². The second-order valence-electron chi connectivity index (χ2n) is 7.99. The summed E-state index contributed by atoms with van der Waals surface area (Å²) in [5.74, 6) is -0.766. The van der Waals surface area contributed by atoms with Crippen molar-refractivity contribution in [2.24, 2.45) is 5.92 Å². The summed E-state index contributed by atoms with van der Waals surface area (Å²) in [6.45, 7) is 5.90. The van der Waals surface area contributed by atoms with Gasteiger partial charge in [0, 0.05) is 20.4 Å². The van der Waals surface area contributed by atoms with Crippen molar-refractivity contribution in [3.8, 4) is 0 Å². The first-order valence-corrected chi connectivity index (χ1v) is 9.89. The highest BCUT2D eigenvalue weighted by Gasteiger charge is 2.58. The Morgan fingerprint density at radius 3 is 2.74 bits per heavy atom. The average Bonchev–Trinajstić information content (AvgIpc) is 3.17. The van der Waals surface area contributed by atoms with Gasteiger partial charge in [0.05, 0.1) is 6.33 Å². The van der Waals surface area contributed by atoms with Crippen LogP contribution in [0.1, 0.15) is 40.3 Å². The van der Waals surface area contributed by atoms with Crippen LogP contribution in [0.3, 0.4) is 0 Å². The molecular weight excluding hydrogens is 411 g/mol. The van der Waals surface area contributed by atoms with Crippen LogP contribution < -0.4 is 11.1 Å². The van der Waals surface area contributed by atoms with E-state index in [1.165, 1.54) is 24.7 Å². The van der Waals surface area contributed by atoms with E-state index in [2.05, 4.69) is 20.3 Å². The number of aromatic nitrogens is 4. The zero-order valence-corrected chi connectivity index (χ0v) is 18.1. The molecule has 0 radical (unpaired) electrons.